The predicted octanol–water partition coefficient (Wildman–Crippen LogP) is 4.77. The van der Waals surface area contributed by atoms with Crippen LogP contribution in [0.3, 0.4) is 0 Å². The highest BCUT2D eigenvalue weighted by molar-refractivity contribution is 7.10. The molecule has 20 heavy (non-hydrogen) atoms. The third-order valence-corrected chi connectivity index (χ3v) is 3.75. The Morgan fingerprint density at radius 3 is 2.70 bits per heavy atom. The van der Waals surface area contributed by atoms with Crippen LogP contribution in [0, 0.1) is 0 Å². The van der Waals surface area contributed by atoms with Crippen molar-refractivity contribution in [2.24, 2.45) is 0 Å². The highest BCUT2D eigenvalue weighted by atomic mass is 35.5. The first kappa shape index (κ1) is 15.1. The molecule has 2 rings (SSSR count). The van der Waals surface area contributed by atoms with E-state index in [1.165, 1.54) is 17.4 Å². The summed E-state index contributed by atoms with van der Waals surface area (Å²) in [5.74, 6) is -1.17. The Labute approximate surface area is 122 Å². The minimum absolute atomic E-state index is 0.0672. The summed E-state index contributed by atoms with van der Waals surface area (Å²) in [5, 5.41) is 4.63. The normalized spacial score (nSPS) is 13.2. The molecule has 1 unspecified atom stereocenters. The standard InChI is InChI=1S/C12H11ClF3N3S/c1-2-7(8-4-3-5-20-8)17-10-6-9(13)18-11(19-10)12(14,15)16/h3-7H,2H2,1H3,(H,17,18,19). The number of aromatic nitrogens is 2. The van der Waals surface area contributed by atoms with E-state index in [1.54, 1.807) is 0 Å². The molecular weight excluding hydrogens is 311 g/mol. The van der Waals surface area contributed by atoms with E-state index in [0.717, 1.165) is 4.88 Å². The zero-order valence-corrected chi connectivity index (χ0v) is 12.0. The molecule has 0 fully saturated rings. The molecule has 0 saturated carbocycles. The van der Waals surface area contributed by atoms with Crippen LogP contribution in [0.2, 0.25) is 5.15 Å². The molecule has 0 aromatic carbocycles. The van der Waals surface area contributed by atoms with Crippen LogP contribution >= 0.6 is 22.9 Å². The van der Waals surface area contributed by atoms with Gasteiger partial charge in [0.05, 0.1) is 6.04 Å². The van der Waals surface area contributed by atoms with Crippen LogP contribution in [-0.2, 0) is 6.18 Å². The Balaban J connectivity index is 2.27. The number of rotatable bonds is 4. The molecule has 0 bridgehead atoms. The van der Waals surface area contributed by atoms with Gasteiger partial charge in [-0.3, -0.25) is 0 Å². The van der Waals surface area contributed by atoms with Gasteiger partial charge in [-0.25, -0.2) is 9.97 Å². The van der Waals surface area contributed by atoms with E-state index < -0.39 is 12.0 Å². The first-order chi connectivity index (χ1) is 9.40. The molecular formula is C12H11ClF3N3S. The first-order valence-corrected chi connectivity index (χ1v) is 7.07. The number of halogens is 4. The number of thiophene rings is 1. The van der Waals surface area contributed by atoms with Gasteiger partial charge in [0.15, 0.2) is 0 Å². The monoisotopic (exact) mass is 321 g/mol. The van der Waals surface area contributed by atoms with E-state index in [1.807, 2.05) is 24.4 Å². The van der Waals surface area contributed by atoms with Gasteiger partial charge in [-0.05, 0) is 17.9 Å². The van der Waals surface area contributed by atoms with Crippen molar-refractivity contribution in [3.8, 4) is 0 Å². The molecule has 2 aromatic heterocycles. The highest BCUT2D eigenvalue weighted by Gasteiger charge is 2.35. The summed E-state index contributed by atoms with van der Waals surface area (Å²) in [6, 6.07) is 4.98. The predicted molar refractivity (Wildman–Crippen MR) is 73.0 cm³/mol. The van der Waals surface area contributed by atoms with Crippen LogP contribution in [0.4, 0.5) is 19.0 Å². The molecule has 2 heterocycles. The van der Waals surface area contributed by atoms with Crippen LogP contribution in [-0.4, -0.2) is 9.97 Å². The lowest BCUT2D eigenvalue weighted by Gasteiger charge is -2.17. The second-order valence-corrected chi connectivity index (χ2v) is 5.38. The maximum Gasteiger partial charge on any atom is 0.451 e. The summed E-state index contributed by atoms with van der Waals surface area (Å²) in [6.07, 6.45) is -3.91. The van der Waals surface area contributed by atoms with Gasteiger partial charge < -0.3 is 5.32 Å². The zero-order valence-electron chi connectivity index (χ0n) is 10.4. The first-order valence-electron chi connectivity index (χ1n) is 5.82. The summed E-state index contributed by atoms with van der Waals surface area (Å²) in [7, 11) is 0. The van der Waals surface area contributed by atoms with Crippen molar-refractivity contribution in [2.75, 3.05) is 5.32 Å². The van der Waals surface area contributed by atoms with Gasteiger partial charge in [0.25, 0.3) is 0 Å². The van der Waals surface area contributed by atoms with Crippen molar-refractivity contribution in [2.45, 2.75) is 25.6 Å². The zero-order chi connectivity index (χ0) is 14.8. The average Bonchev–Trinajstić information content (AvgIpc) is 2.88. The second-order valence-electron chi connectivity index (χ2n) is 4.02. The van der Waals surface area contributed by atoms with Gasteiger partial charge in [0.1, 0.15) is 11.0 Å². The summed E-state index contributed by atoms with van der Waals surface area (Å²) in [6.45, 7) is 1.94. The molecule has 2 aromatic rings. The third kappa shape index (κ3) is 3.61. The average molecular weight is 322 g/mol. The number of hydrogen-bond donors (Lipinski definition) is 1. The van der Waals surface area contributed by atoms with Gasteiger partial charge in [0, 0.05) is 10.9 Å². The molecule has 1 atom stereocenters. The van der Waals surface area contributed by atoms with Gasteiger partial charge in [-0.15, -0.1) is 11.3 Å². The number of nitrogens with one attached hydrogen (secondary N) is 1. The Hall–Kier alpha value is -1.34. The largest absolute Gasteiger partial charge is 0.451 e. The maximum atomic E-state index is 12.6. The second kappa shape index (κ2) is 5.97. The quantitative estimate of drug-likeness (QED) is 0.824. The fourth-order valence-electron chi connectivity index (χ4n) is 1.66. The lowest BCUT2D eigenvalue weighted by molar-refractivity contribution is -0.144. The number of nitrogens with zero attached hydrogens (tertiary/aromatic N) is 2. The summed E-state index contributed by atoms with van der Waals surface area (Å²) >= 11 is 7.15. The fraction of sp³-hybridized carbons (Fsp3) is 0.333. The van der Waals surface area contributed by atoms with Crippen molar-refractivity contribution in [3.63, 3.8) is 0 Å². The van der Waals surface area contributed by atoms with Crippen molar-refractivity contribution < 1.29 is 13.2 Å². The Morgan fingerprint density at radius 2 is 2.15 bits per heavy atom. The maximum absolute atomic E-state index is 12.6. The molecule has 0 amide bonds. The lowest BCUT2D eigenvalue weighted by atomic mass is 10.2. The van der Waals surface area contributed by atoms with Crippen LogP contribution in [0.25, 0.3) is 0 Å². The SMILES string of the molecule is CCC(Nc1cc(Cl)nc(C(F)(F)F)n1)c1cccs1. The third-order valence-electron chi connectivity index (χ3n) is 2.57. The van der Waals surface area contributed by atoms with Crippen molar-refractivity contribution in [3.05, 3.63) is 39.4 Å². The smallest absolute Gasteiger partial charge is 0.362 e. The molecule has 0 spiro atoms. The molecule has 8 heteroatoms. The van der Waals surface area contributed by atoms with Gasteiger partial charge in [0.2, 0.25) is 5.82 Å². The molecule has 0 aliphatic rings. The minimum Gasteiger partial charge on any atom is -0.362 e. The van der Waals surface area contributed by atoms with E-state index in [2.05, 4.69) is 15.3 Å². The molecule has 0 aliphatic carbocycles. The van der Waals surface area contributed by atoms with Gasteiger partial charge >= 0.3 is 6.18 Å². The van der Waals surface area contributed by atoms with E-state index >= 15 is 0 Å². The number of alkyl halides is 3. The summed E-state index contributed by atoms with van der Waals surface area (Å²) in [5.41, 5.74) is 0. The van der Waals surface area contributed by atoms with E-state index in [9.17, 15) is 13.2 Å². The van der Waals surface area contributed by atoms with Gasteiger partial charge in [-0.1, -0.05) is 24.6 Å². The van der Waals surface area contributed by atoms with Crippen molar-refractivity contribution in [1.29, 1.82) is 0 Å². The topological polar surface area (TPSA) is 37.8 Å². The minimum atomic E-state index is -4.62. The van der Waals surface area contributed by atoms with Crippen molar-refractivity contribution in [1.82, 2.24) is 9.97 Å². The Bertz CT molecular complexity index is 572. The number of hydrogen-bond acceptors (Lipinski definition) is 4. The highest BCUT2D eigenvalue weighted by Crippen LogP contribution is 2.30. The van der Waals surface area contributed by atoms with Gasteiger partial charge in [-0.2, -0.15) is 13.2 Å². The van der Waals surface area contributed by atoms with Crippen LogP contribution in [0.5, 0.6) is 0 Å². The summed E-state index contributed by atoms with van der Waals surface area (Å²) < 4.78 is 37.9. The Morgan fingerprint density at radius 1 is 1.40 bits per heavy atom. The Kier molecular flexibility index (Phi) is 4.49. The van der Waals surface area contributed by atoms with Crippen LogP contribution in [0.15, 0.2) is 23.6 Å². The van der Waals surface area contributed by atoms with Crippen molar-refractivity contribution >= 4 is 28.8 Å². The van der Waals surface area contributed by atoms with Crippen LogP contribution < -0.4 is 5.32 Å². The van der Waals surface area contributed by atoms with E-state index in [4.69, 9.17) is 11.6 Å². The molecule has 0 saturated heterocycles. The summed E-state index contributed by atoms with van der Waals surface area (Å²) in [4.78, 5) is 7.69. The van der Waals surface area contributed by atoms with Crippen LogP contribution in [0.1, 0.15) is 30.1 Å². The molecule has 0 aliphatic heterocycles. The van der Waals surface area contributed by atoms with E-state index in [-0.39, 0.29) is 17.0 Å². The van der Waals surface area contributed by atoms with E-state index in [0.29, 0.717) is 6.42 Å². The fourth-order valence-corrected chi connectivity index (χ4v) is 2.71. The molecule has 108 valence electrons. The molecule has 0 radical (unpaired) electrons. The molecule has 3 nitrogen and oxygen atoms in total. The number of anilines is 1. The molecule has 1 N–H and O–H groups in total. The lowest BCUT2D eigenvalue weighted by Crippen LogP contribution is -2.15.